The van der Waals surface area contributed by atoms with Gasteiger partial charge >= 0.3 is 0 Å². The lowest BCUT2D eigenvalue weighted by Gasteiger charge is -2.34. The van der Waals surface area contributed by atoms with Crippen LogP contribution in [0.3, 0.4) is 0 Å². The Labute approximate surface area is 184 Å². The van der Waals surface area contributed by atoms with Crippen molar-refractivity contribution in [2.45, 2.75) is 13.5 Å². The molecule has 1 fully saturated rings. The number of aliphatic imine (C=N–C) groups is 1. The Morgan fingerprint density at radius 1 is 1.23 bits per heavy atom. The fourth-order valence-corrected chi connectivity index (χ4v) is 3.39. The summed E-state index contributed by atoms with van der Waals surface area (Å²) in [6, 6.07) is 8.45. The van der Waals surface area contributed by atoms with Crippen molar-refractivity contribution >= 4 is 45.9 Å². The smallest absolute Gasteiger partial charge is 0.193 e. The second kappa shape index (κ2) is 12.2. The molecule has 0 aromatic heterocycles. The van der Waals surface area contributed by atoms with Crippen LogP contribution in [0.15, 0.2) is 33.7 Å². The van der Waals surface area contributed by atoms with Crippen LogP contribution < -0.4 is 5.32 Å². The Morgan fingerprint density at radius 2 is 1.85 bits per heavy atom. The average molecular weight is 538 g/mol. The van der Waals surface area contributed by atoms with Gasteiger partial charge in [-0.3, -0.25) is 4.99 Å². The highest BCUT2D eigenvalue weighted by Gasteiger charge is 2.16. The van der Waals surface area contributed by atoms with Crippen molar-refractivity contribution in [3.05, 3.63) is 34.3 Å². The molecule has 0 bridgehead atoms. The van der Waals surface area contributed by atoms with Gasteiger partial charge in [0.1, 0.15) is 0 Å². The topological polar surface area (TPSA) is 34.1 Å². The number of nitrogens with zero attached hydrogens (tertiary/aromatic N) is 4. The van der Waals surface area contributed by atoms with E-state index in [9.17, 15) is 0 Å². The van der Waals surface area contributed by atoms with Crippen LogP contribution >= 0.6 is 39.9 Å². The maximum absolute atomic E-state index is 4.43. The summed E-state index contributed by atoms with van der Waals surface area (Å²) >= 11 is 3.48. The Hall–Kier alpha value is -0.380. The van der Waals surface area contributed by atoms with Crippen LogP contribution in [0.2, 0.25) is 0 Å². The van der Waals surface area contributed by atoms with Crippen LogP contribution in [0.1, 0.15) is 12.5 Å². The van der Waals surface area contributed by atoms with E-state index in [0.717, 1.165) is 30.1 Å². The largest absolute Gasteiger partial charge is 0.356 e. The molecule has 1 heterocycles. The van der Waals surface area contributed by atoms with Crippen molar-refractivity contribution in [2.75, 3.05) is 60.4 Å². The van der Waals surface area contributed by atoms with Gasteiger partial charge in [0.15, 0.2) is 5.96 Å². The summed E-state index contributed by atoms with van der Waals surface area (Å²) < 4.78 is 1.11. The molecule has 148 valence electrons. The third-order valence-electron chi connectivity index (χ3n) is 4.68. The van der Waals surface area contributed by atoms with Gasteiger partial charge in [0, 0.05) is 64.4 Å². The van der Waals surface area contributed by atoms with Gasteiger partial charge in [-0.25, -0.2) is 0 Å². The minimum Gasteiger partial charge on any atom is -0.356 e. The molecular formula is C19H33BrIN5. The van der Waals surface area contributed by atoms with E-state index in [-0.39, 0.29) is 24.0 Å². The molecule has 1 N–H and O–H groups in total. The Morgan fingerprint density at radius 3 is 2.42 bits per heavy atom. The van der Waals surface area contributed by atoms with Gasteiger partial charge in [0.25, 0.3) is 0 Å². The first-order chi connectivity index (χ1) is 12.0. The Kier molecular flexibility index (Phi) is 11.1. The Bertz CT molecular complexity index is 543. The van der Waals surface area contributed by atoms with Gasteiger partial charge in [-0.2, -0.15) is 0 Å². The van der Waals surface area contributed by atoms with Crippen molar-refractivity contribution in [1.82, 2.24) is 20.0 Å². The van der Waals surface area contributed by atoms with Crippen molar-refractivity contribution in [1.29, 1.82) is 0 Å². The number of guanidine groups is 1. The van der Waals surface area contributed by atoms with E-state index in [1.54, 1.807) is 0 Å². The van der Waals surface area contributed by atoms with Gasteiger partial charge < -0.3 is 20.0 Å². The second-order valence-electron chi connectivity index (χ2n) is 7.12. The maximum Gasteiger partial charge on any atom is 0.193 e. The fourth-order valence-electron chi connectivity index (χ4n) is 3.12. The molecule has 0 aliphatic carbocycles. The zero-order valence-corrected chi connectivity index (χ0v) is 20.3. The number of nitrogens with one attached hydrogen (secondary N) is 1. The molecule has 1 aromatic carbocycles. The lowest BCUT2D eigenvalue weighted by atomic mass is 10.1. The molecule has 7 heteroatoms. The third kappa shape index (κ3) is 8.10. The second-order valence-corrected chi connectivity index (χ2v) is 8.04. The molecule has 0 saturated carbocycles. The van der Waals surface area contributed by atoms with Crippen molar-refractivity contribution < 1.29 is 0 Å². The molecule has 0 amide bonds. The molecule has 0 spiro atoms. The third-order valence-corrected chi connectivity index (χ3v) is 5.21. The van der Waals surface area contributed by atoms with Crippen LogP contribution in [0, 0.1) is 5.92 Å². The molecule has 1 aliphatic heterocycles. The zero-order chi connectivity index (χ0) is 18.2. The summed E-state index contributed by atoms with van der Waals surface area (Å²) in [6.45, 7) is 9.97. The van der Waals surface area contributed by atoms with Crippen molar-refractivity contribution in [3.63, 3.8) is 0 Å². The SMILES string of the molecule is CN=C(NCC(C)CN1CCN(C)CC1)N(C)Cc1ccc(Br)cc1.I. The molecular weight excluding hydrogens is 505 g/mol. The lowest BCUT2D eigenvalue weighted by molar-refractivity contribution is 0.139. The number of piperazine rings is 1. The van der Waals surface area contributed by atoms with Crippen LogP contribution in [0.25, 0.3) is 0 Å². The highest BCUT2D eigenvalue weighted by molar-refractivity contribution is 14.0. The van der Waals surface area contributed by atoms with Gasteiger partial charge in [0.05, 0.1) is 0 Å². The fraction of sp³-hybridized carbons (Fsp3) is 0.632. The summed E-state index contributed by atoms with van der Waals surface area (Å²) in [7, 11) is 6.14. The van der Waals surface area contributed by atoms with Crippen molar-refractivity contribution in [2.24, 2.45) is 10.9 Å². The number of likely N-dealkylation sites (N-methyl/N-ethyl adjacent to an activating group) is 1. The monoisotopic (exact) mass is 537 g/mol. The van der Waals surface area contributed by atoms with E-state index in [4.69, 9.17) is 0 Å². The van der Waals surface area contributed by atoms with E-state index in [0.29, 0.717) is 5.92 Å². The van der Waals surface area contributed by atoms with Crippen molar-refractivity contribution in [3.8, 4) is 0 Å². The van der Waals surface area contributed by atoms with Crippen LogP contribution in [0.4, 0.5) is 0 Å². The lowest BCUT2D eigenvalue weighted by Crippen LogP contribution is -2.47. The molecule has 26 heavy (non-hydrogen) atoms. The Balaban J connectivity index is 0.00000338. The summed E-state index contributed by atoms with van der Waals surface area (Å²) in [6.07, 6.45) is 0. The number of halogens is 2. The molecule has 0 radical (unpaired) electrons. The van der Waals surface area contributed by atoms with E-state index in [1.165, 1.54) is 31.7 Å². The van der Waals surface area contributed by atoms with Crippen LogP contribution in [0.5, 0.6) is 0 Å². The van der Waals surface area contributed by atoms with E-state index < -0.39 is 0 Å². The van der Waals surface area contributed by atoms with Crippen LogP contribution in [-0.2, 0) is 6.54 Å². The molecule has 1 aromatic rings. The van der Waals surface area contributed by atoms with Gasteiger partial charge in [-0.1, -0.05) is 35.0 Å². The molecule has 1 saturated heterocycles. The highest BCUT2D eigenvalue weighted by atomic mass is 127. The first-order valence-electron chi connectivity index (χ1n) is 9.05. The van der Waals surface area contributed by atoms with Gasteiger partial charge in [-0.15, -0.1) is 24.0 Å². The quantitative estimate of drug-likeness (QED) is 0.344. The molecule has 2 rings (SSSR count). The summed E-state index contributed by atoms with van der Waals surface area (Å²) in [5.74, 6) is 1.55. The molecule has 1 atom stereocenters. The molecule has 1 aliphatic rings. The average Bonchev–Trinajstić information content (AvgIpc) is 2.59. The zero-order valence-electron chi connectivity index (χ0n) is 16.4. The summed E-state index contributed by atoms with van der Waals surface area (Å²) in [4.78, 5) is 11.6. The number of hydrogen-bond acceptors (Lipinski definition) is 3. The summed E-state index contributed by atoms with van der Waals surface area (Å²) in [5, 5.41) is 3.53. The van der Waals surface area contributed by atoms with E-state index in [1.807, 2.05) is 7.05 Å². The normalized spacial score (nSPS) is 17.5. The predicted octanol–water partition coefficient (Wildman–Crippen LogP) is 2.96. The van der Waals surface area contributed by atoms with Crippen LogP contribution in [-0.4, -0.2) is 81.1 Å². The highest BCUT2D eigenvalue weighted by Crippen LogP contribution is 2.12. The predicted molar refractivity (Wildman–Crippen MR) is 125 cm³/mol. The number of hydrogen-bond donors (Lipinski definition) is 1. The van der Waals surface area contributed by atoms with Gasteiger partial charge in [-0.05, 0) is 30.7 Å². The maximum atomic E-state index is 4.43. The number of rotatable bonds is 6. The number of benzene rings is 1. The molecule has 5 nitrogen and oxygen atoms in total. The van der Waals surface area contributed by atoms with E-state index in [2.05, 4.69) is 86.2 Å². The standard InChI is InChI=1S/C19H32BrN5.HI/c1-16(14-25-11-9-23(3)10-12-25)13-22-19(21-2)24(4)15-17-5-7-18(20)8-6-17;/h5-8,16H,9-15H2,1-4H3,(H,21,22);1H. The molecule has 1 unspecified atom stereocenters. The van der Waals surface area contributed by atoms with Gasteiger partial charge in [0.2, 0.25) is 0 Å². The minimum atomic E-state index is 0. The minimum absolute atomic E-state index is 0. The first-order valence-corrected chi connectivity index (χ1v) is 9.84. The first kappa shape index (κ1) is 23.7. The summed E-state index contributed by atoms with van der Waals surface area (Å²) in [5.41, 5.74) is 1.28. The van der Waals surface area contributed by atoms with E-state index >= 15 is 0 Å².